The summed E-state index contributed by atoms with van der Waals surface area (Å²) in [6.45, 7) is 0. The molecule has 1 amide bonds. The Hall–Kier alpha value is -1.56. The number of benzene rings is 1. The lowest BCUT2D eigenvalue weighted by molar-refractivity contribution is -0.145. The quantitative estimate of drug-likeness (QED) is 0.630. The van der Waals surface area contributed by atoms with Gasteiger partial charge >= 0.3 is 5.97 Å². The molecule has 3 fully saturated rings. The van der Waals surface area contributed by atoms with Gasteiger partial charge in [-0.25, -0.2) is 0 Å². The molecule has 2 N–H and O–H groups in total. The van der Waals surface area contributed by atoms with E-state index in [1.54, 1.807) is 18.2 Å². The minimum Gasteiger partial charge on any atom is -0.508 e. The number of fused-ring (bicyclic) bond motifs is 1. The summed E-state index contributed by atoms with van der Waals surface area (Å²) in [5, 5.41) is 12.3. The van der Waals surface area contributed by atoms with Gasteiger partial charge in [-0.1, -0.05) is 22.0 Å². The molecule has 1 aromatic rings. The Balaban J connectivity index is 1.59. The molecule has 1 aliphatic heterocycles. The van der Waals surface area contributed by atoms with Gasteiger partial charge in [0.2, 0.25) is 5.91 Å². The van der Waals surface area contributed by atoms with Crippen LogP contribution in [-0.4, -0.2) is 27.9 Å². The Morgan fingerprint density at radius 1 is 1.38 bits per heavy atom. The Morgan fingerprint density at radius 2 is 2.19 bits per heavy atom. The molecular formula is C15H14BrNO4. The highest BCUT2D eigenvalue weighted by molar-refractivity contribution is 9.09. The maximum atomic E-state index is 12.6. The van der Waals surface area contributed by atoms with Gasteiger partial charge in [0.25, 0.3) is 0 Å². The Labute approximate surface area is 129 Å². The van der Waals surface area contributed by atoms with Crippen molar-refractivity contribution < 1.29 is 19.4 Å². The number of phenols is 1. The van der Waals surface area contributed by atoms with Gasteiger partial charge in [0, 0.05) is 17.7 Å². The highest BCUT2D eigenvalue weighted by Gasteiger charge is 2.67. The number of aromatic hydroxyl groups is 1. The molecule has 4 rings (SSSR count). The number of alkyl halides is 1. The summed E-state index contributed by atoms with van der Waals surface area (Å²) in [6.07, 6.45) is 0.784. The second-order valence-electron chi connectivity index (χ2n) is 6.00. The second kappa shape index (κ2) is 4.47. The zero-order valence-electron chi connectivity index (χ0n) is 11.0. The molecule has 2 aliphatic carbocycles. The first-order chi connectivity index (χ1) is 10.1. The molecule has 5 nitrogen and oxygen atoms in total. The number of carbonyl (C=O) groups excluding carboxylic acids is 2. The number of esters is 1. The number of ether oxygens (including phenoxy) is 1. The summed E-state index contributed by atoms with van der Waals surface area (Å²) in [4.78, 5) is 24.6. The molecule has 1 aromatic carbocycles. The zero-order chi connectivity index (χ0) is 14.7. The monoisotopic (exact) mass is 351 g/mol. The smallest absolute Gasteiger partial charge is 0.310 e. The van der Waals surface area contributed by atoms with Gasteiger partial charge in [0.1, 0.15) is 11.9 Å². The molecule has 21 heavy (non-hydrogen) atoms. The summed E-state index contributed by atoms with van der Waals surface area (Å²) in [5.41, 5.74) is 0.539. The van der Waals surface area contributed by atoms with Crippen molar-refractivity contribution in [1.29, 1.82) is 0 Å². The molecule has 1 saturated heterocycles. The van der Waals surface area contributed by atoms with Crippen molar-refractivity contribution in [2.45, 2.75) is 17.4 Å². The molecule has 6 atom stereocenters. The van der Waals surface area contributed by atoms with E-state index in [0.717, 1.165) is 6.42 Å². The van der Waals surface area contributed by atoms with Crippen LogP contribution in [0.3, 0.4) is 0 Å². The predicted molar refractivity (Wildman–Crippen MR) is 77.9 cm³/mol. The fraction of sp³-hybridized carbons (Fsp3) is 0.467. The van der Waals surface area contributed by atoms with Crippen LogP contribution in [0, 0.1) is 23.7 Å². The van der Waals surface area contributed by atoms with Gasteiger partial charge in [-0.15, -0.1) is 0 Å². The first kappa shape index (κ1) is 13.1. The average molecular weight is 352 g/mol. The molecule has 110 valence electrons. The first-order valence-electron chi connectivity index (χ1n) is 7.01. The van der Waals surface area contributed by atoms with Gasteiger partial charge in [-0.05, 0) is 24.5 Å². The SMILES string of the molecule is O=C(Nc1cccc(O)c1)[C@@H]1[C@H]2C[C@H]3[C@H](OC(=O)[C@H]31)[C@H]2Br. The summed E-state index contributed by atoms with van der Waals surface area (Å²) in [5.74, 6) is -0.690. The van der Waals surface area contributed by atoms with Crippen LogP contribution < -0.4 is 5.32 Å². The van der Waals surface area contributed by atoms with Crippen LogP contribution in [0.2, 0.25) is 0 Å². The van der Waals surface area contributed by atoms with Crippen molar-refractivity contribution in [3.8, 4) is 5.75 Å². The fourth-order valence-electron chi connectivity index (χ4n) is 4.14. The molecular weight excluding hydrogens is 338 g/mol. The maximum absolute atomic E-state index is 12.6. The third-order valence-corrected chi connectivity index (χ3v) is 6.14. The van der Waals surface area contributed by atoms with Crippen molar-refractivity contribution in [3.05, 3.63) is 24.3 Å². The van der Waals surface area contributed by atoms with Crippen molar-refractivity contribution in [1.82, 2.24) is 0 Å². The Morgan fingerprint density at radius 3 is 2.95 bits per heavy atom. The fourth-order valence-corrected chi connectivity index (χ4v) is 5.18. The number of hydrogen-bond acceptors (Lipinski definition) is 4. The van der Waals surface area contributed by atoms with Gasteiger partial charge in [0.05, 0.1) is 16.7 Å². The maximum Gasteiger partial charge on any atom is 0.310 e. The van der Waals surface area contributed by atoms with Gasteiger partial charge in [-0.2, -0.15) is 0 Å². The van der Waals surface area contributed by atoms with Crippen LogP contribution in [0.5, 0.6) is 5.75 Å². The number of rotatable bonds is 2. The highest BCUT2D eigenvalue weighted by Crippen LogP contribution is 2.60. The number of anilines is 1. The van der Waals surface area contributed by atoms with Crippen molar-refractivity contribution in [2.24, 2.45) is 23.7 Å². The van der Waals surface area contributed by atoms with Gasteiger partial charge in [0.15, 0.2) is 0 Å². The van der Waals surface area contributed by atoms with Crippen molar-refractivity contribution >= 4 is 33.5 Å². The lowest BCUT2D eigenvalue weighted by Crippen LogP contribution is -2.40. The molecule has 2 bridgehead atoms. The third kappa shape index (κ3) is 1.81. The number of halogens is 1. The van der Waals surface area contributed by atoms with E-state index in [1.807, 2.05) is 0 Å². The van der Waals surface area contributed by atoms with E-state index in [4.69, 9.17) is 4.74 Å². The lowest BCUT2D eigenvalue weighted by atomic mass is 9.79. The van der Waals surface area contributed by atoms with Crippen LogP contribution in [0.1, 0.15) is 6.42 Å². The number of nitrogens with one attached hydrogen (secondary N) is 1. The Bertz CT molecular complexity index is 634. The van der Waals surface area contributed by atoms with E-state index in [-0.39, 0.29) is 52.2 Å². The van der Waals surface area contributed by atoms with Crippen LogP contribution in [-0.2, 0) is 14.3 Å². The minimum absolute atomic E-state index is 0.0603. The highest BCUT2D eigenvalue weighted by atomic mass is 79.9. The topological polar surface area (TPSA) is 75.6 Å². The van der Waals surface area contributed by atoms with Crippen LogP contribution in [0.25, 0.3) is 0 Å². The standard InChI is InChI=1S/C15H14BrNO4/c16-12-8-5-9-11(15(20)21-13(9)12)10(8)14(19)17-6-2-1-3-7(18)4-6/h1-4,8-13,18H,5H2,(H,17,19)/t8-,9-,10-,11-,12+,13+/m1/s1. The van der Waals surface area contributed by atoms with E-state index >= 15 is 0 Å². The molecule has 1 heterocycles. The Kier molecular flexibility index (Phi) is 2.79. The van der Waals surface area contributed by atoms with E-state index in [1.165, 1.54) is 6.07 Å². The van der Waals surface area contributed by atoms with Gasteiger partial charge < -0.3 is 15.2 Å². The van der Waals surface area contributed by atoms with E-state index in [0.29, 0.717) is 5.69 Å². The average Bonchev–Trinajstić information content (AvgIpc) is 3.02. The van der Waals surface area contributed by atoms with Crippen LogP contribution in [0.4, 0.5) is 5.69 Å². The number of carbonyl (C=O) groups is 2. The minimum atomic E-state index is -0.354. The van der Waals surface area contributed by atoms with Crippen LogP contribution >= 0.6 is 15.9 Å². The molecule has 3 aliphatic rings. The summed E-state index contributed by atoms with van der Waals surface area (Å²) >= 11 is 3.58. The molecule has 6 heteroatoms. The van der Waals surface area contributed by atoms with Crippen LogP contribution in [0.15, 0.2) is 24.3 Å². The zero-order valence-corrected chi connectivity index (χ0v) is 12.6. The molecule has 0 spiro atoms. The van der Waals surface area contributed by atoms with E-state index < -0.39 is 0 Å². The number of phenolic OH excluding ortho intramolecular Hbond substituents is 1. The van der Waals surface area contributed by atoms with Crippen molar-refractivity contribution in [3.63, 3.8) is 0 Å². The number of hydrogen-bond donors (Lipinski definition) is 2. The normalized spacial score (nSPS) is 39.4. The molecule has 0 unspecified atom stereocenters. The summed E-state index contributed by atoms with van der Waals surface area (Å²) < 4.78 is 5.40. The van der Waals surface area contributed by atoms with E-state index in [2.05, 4.69) is 21.2 Å². The third-order valence-electron chi connectivity index (χ3n) is 4.94. The van der Waals surface area contributed by atoms with Crippen molar-refractivity contribution in [2.75, 3.05) is 5.32 Å². The largest absolute Gasteiger partial charge is 0.508 e. The molecule has 2 saturated carbocycles. The lowest BCUT2D eigenvalue weighted by Gasteiger charge is -2.27. The van der Waals surface area contributed by atoms with Gasteiger partial charge in [-0.3, -0.25) is 9.59 Å². The number of amides is 1. The summed E-state index contributed by atoms with van der Waals surface area (Å²) in [7, 11) is 0. The summed E-state index contributed by atoms with van der Waals surface area (Å²) in [6, 6.07) is 6.41. The molecule has 0 aromatic heterocycles. The first-order valence-corrected chi connectivity index (χ1v) is 7.92. The van der Waals surface area contributed by atoms with E-state index in [9.17, 15) is 14.7 Å². The predicted octanol–water partition coefficient (Wildman–Crippen LogP) is 1.90. The molecule has 0 radical (unpaired) electrons. The second-order valence-corrected chi connectivity index (χ2v) is 7.06.